The van der Waals surface area contributed by atoms with Crippen LogP contribution in [0.15, 0.2) is 53.3 Å². The maximum Gasteiger partial charge on any atom is 0.261 e. The highest BCUT2D eigenvalue weighted by atomic mass is 32.1. The molecule has 0 unspecified atom stereocenters. The van der Waals surface area contributed by atoms with Crippen molar-refractivity contribution in [1.82, 2.24) is 14.9 Å². The number of rotatable bonds is 5. The Morgan fingerprint density at radius 1 is 1.23 bits per heavy atom. The Labute approximate surface area is 156 Å². The average molecular weight is 367 g/mol. The van der Waals surface area contributed by atoms with Crippen LogP contribution in [0.4, 0.5) is 0 Å². The third-order valence-electron chi connectivity index (χ3n) is 4.45. The largest absolute Gasteiger partial charge is 0.350 e. The summed E-state index contributed by atoms with van der Waals surface area (Å²) in [5, 5.41) is 3.52. The van der Waals surface area contributed by atoms with E-state index in [0.717, 1.165) is 12.8 Å². The number of amides is 1. The highest BCUT2D eigenvalue weighted by Crippen LogP contribution is 2.11. The molecule has 0 aliphatic rings. The van der Waals surface area contributed by atoms with Crippen molar-refractivity contribution in [3.63, 3.8) is 0 Å². The lowest BCUT2D eigenvalue weighted by Gasteiger charge is -2.14. The number of aromatic nitrogens is 2. The van der Waals surface area contributed by atoms with Crippen molar-refractivity contribution in [2.24, 2.45) is 7.05 Å². The summed E-state index contributed by atoms with van der Waals surface area (Å²) in [7, 11) is 1.62. The van der Waals surface area contributed by atoms with Crippen LogP contribution >= 0.6 is 12.2 Å². The number of H-pyrrole nitrogens is 1. The maximum absolute atomic E-state index is 12.5. The minimum atomic E-state index is -0.174. The fraction of sp³-hybridized carbons (Fsp3) is 0.250. The summed E-state index contributed by atoms with van der Waals surface area (Å²) < 4.78 is 1.71. The van der Waals surface area contributed by atoms with Crippen LogP contribution in [0.2, 0.25) is 0 Å². The number of fused-ring (bicyclic) bond motifs is 1. The van der Waals surface area contributed by atoms with E-state index < -0.39 is 0 Å². The van der Waals surface area contributed by atoms with Crippen LogP contribution < -0.4 is 10.9 Å². The SMILES string of the molecule is C[C@H](CCc1ccccc1)NC(=O)c1ccc2c(=O)n(C)c(=S)[nH]c2c1. The monoisotopic (exact) mass is 367 g/mol. The van der Waals surface area contributed by atoms with Gasteiger partial charge in [-0.2, -0.15) is 0 Å². The molecular weight excluding hydrogens is 346 g/mol. The first kappa shape index (κ1) is 18.1. The van der Waals surface area contributed by atoms with E-state index in [1.165, 1.54) is 10.1 Å². The molecule has 134 valence electrons. The van der Waals surface area contributed by atoms with Crippen LogP contribution in [0, 0.1) is 4.77 Å². The van der Waals surface area contributed by atoms with Crippen molar-refractivity contribution in [1.29, 1.82) is 0 Å². The molecule has 1 amide bonds. The Morgan fingerprint density at radius 2 is 1.96 bits per heavy atom. The maximum atomic E-state index is 12.5. The number of benzene rings is 2. The van der Waals surface area contributed by atoms with Crippen molar-refractivity contribution in [2.45, 2.75) is 25.8 Å². The molecule has 5 nitrogen and oxygen atoms in total. The zero-order valence-corrected chi connectivity index (χ0v) is 15.6. The molecule has 2 N–H and O–H groups in total. The van der Waals surface area contributed by atoms with Crippen LogP contribution in [0.25, 0.3) is 10.9 Å². The van der Waals surface area contributed by atoms with Gasteiger partial charge in [0.05, 0.1) is 10.9 Å². The van der Waals surface area contributed by atoms with Gasteiger partial charge in [-0.3, -0.25) is 14.2 Å². The molecule has 0 spiro atoms. The fourth-order valence-electron chi connectivity index (χ4n) is 2.85. The molecular formula is C20H21N3O2S. The zero-order chi connectivity index (χ0) is 18.7. The average Bonchev–Trinajstić information content (AvgIpc) is 2.65. The van der Waals surface area contributed by atoms with E-state index >= 15 is 0 Å². The van der Waals surface area contributed by atoms with Crippen molar-refractivity contribution >= 4 is 29.0 Å². The Hall–Kier alpha value is -2.73. The Bertz CT molecular complexity index is 1050. The quantitative estimate of drug-likeness (QED) is 0.680. The standard InChI is InChI=1S/C20H21N3O2S/c1-13(8-9-14-6-4-3-5-7-14)21-18(24)15-10-11-16-17(12-15)22-20(26)23(2)19(16)25/h3-7,10-13H,8-9H2,1-2H3,(H,21,24)(H,22,26)/t13-/m1/s1. The predicted octanol–water partition coefficient (Wildman–Crippen LogP) is 3.35. The van der Waals surface area contributed by atoms with Gasteiger partial charge >= 0.3 is 0 Å². The van der Waals surface area contributed by atoms with E-state index in [-0.39, 0.29) is 17.5 Å². The summed E-state index contributed by atoms with van der Waals surface area (Å²) in [6.07, 6.45) is 1.76. The molecule has 0 saturated heterocycles. The lowest BCUT2D eigenvalue weighted by Crippen LogP contribution is -2.33. The predicted molar refractivity (Wildman–Crippen MR) is 106 cm³/mol. The molecule has 0 bridgehead atoms. The zero-order valence-electron chi connectivity index (χ0n) is 14.8. The second kappa shape index (κ2) is 7.66. The summed E-state index contributed by atoms with van der Waals surface area (Å²) in [6.45, 7) is 1.99. The molecule has 6 heteroatoms. The molecule has 0 saturated carbocycles. The van der Waals surface area contributed by atoms with Crippen LogP contribution in [-0.2, 0) is 13.5 Å². The lowest BCUT2D eigenvalue weighted by atomic mass is 10.1. The molecule has 3 rings (SSSR count). The van der Waals surface area contributed by atoms with Gasteiger partial charge in [0, 0.05) is 18.7 Å². The number of hydrogen-bond donors (Lipinski definition) is 2. The molecule has 1 atom stereocenters. The number of carbonyl (C=O) groups excluding carboxylic acids is 1. The first-order chi connectivity index (χ1) is 12.5. The first-order valence-corrected chi connectivity index (χ1v) is 8.94. The van der Waals surface area contributed by atoms with Gasteiger partial charge in [-0.15, -0.1) is 0 Å². The molecule has 0 radical (unpaired) electrons. The van der Waals surface area contributed by atoms with Crippen molar-refractivity contribution in [3.8, 4) is 0 Å². The first-order valence-electron chi connectivity index (χ1n) is 8.53. The number of aromatic amines is 1. The van der Waals surface area contributed by atoms with E-state index in [4.69, 9.17) is 12.2 Å². The second-order valence-corrected chi connectivity index (χ2v) is 6.84. The minimum absolute atomic E-state index is 0.0422. The topological polar surface area (TPSA) is 66.9 Å². The normalized spacial score (nSPS) is 12.1. The number of nitrogens with zero attached hydrogens (tertiary/aromatic N) is 1. The third-order valence-corrected chi connectivity index (χ3v) is 4.83. The van der Waals surface area contributed by atoms with Crippen LogP contribution in [-0.4, -0.2) is 21.5 Å². The van der Waals surface area contributed by atoms with Gasteiger partial charge in [0.25, 0.3) is 11.5 Å². The molecule has 3 aromatic rings. The summed E-state index contributed by atoms with van der Waals surface area (Å²) in [6, 6.07) is 15.2. The molecule has 1 aromatic heterocycles. The van der Waals surface area contributed by atoms with Crippen LogP contribution in [0.1, 0.15) is 29.3 Å². The second-order valence-electron chi connectivity index (χ2n) is 6.45. The molecule has 0 aliphatic heterocycles. The number of hydrogen-bond acceptors (Lipinski definition) is 3. The lowest BCUT2D eigenvalue weighted by molar-refractivity contribution is 0.0938. The molecule has 1 heterocycles. The summed E-state index contributed by atoms with van der Waals surface area (Å²) >= 11 is 5.13. The number of aryl methyl sites for hydroxylation is 1. The number of nitrogens with one attached hydrogen (secondary N) is 2. The van der Waals surface area contributed by atoms with E-state index in [1.54, 1.807) is 25.2 Å². The van der Waals surface area contributed by atoms with Gasteiger partial charge in [-0.05, 0) is 55.7 Å². The number of carbonyl (C=O) groups is 1. The van der Waals surface area contributed by atoms with Crippen LogP contribution in [0.3, 0.4) is 0 Å². The van der Waals surface area contributed by atoms with Gasteiger partial charge in [0.15, 0.2) is 4.77 Å². The van der Waals surface area contributed by atoms with Gasteiger partial charge in [0.2, 0.25) is 0 Å². The Morgan fingerprint density at radius 3 is 2.69 bits per heavy atom. The minimum Gasteiger partial charge on any atom is -0.350 e. The highest BCUT2D eigenvalue weighted by molar-refractivity contribution is 7.71. The summed E-state index contributed by atoms with van der Waals surface area (Å²) in [4.78, 5) is 27.7. The third kappa shape index (κ3) is 3.91. The molecule has 2 aromatic carbocycles. The van der Waals surface area contributed by atoms with Crippen molar-refractivity contribution in [2.75, 3.05) is 0 Å². The van der Waals surface area contributed by atoms with Crippen molar-refractivity contribution in [3.05, 3.63) is 74.8 Å². The van der Waals surface area contributed by atoms with E-state index in [9.17, 15) is 9.59 Å². The molecule has 26 heavy (non-hydrogen) atoms. The van der Waals surface area contributed by atoms with Gasteiger partial charge < -0.3 is 10.3 Å². The van der Waals surface area contributed by atoms with Gasteiger partial charge in [0.1, 0.15) is 0 Å². The molecule has 0 fully saturated rings. The van der Waals surface area contributed by atoms with Crippen LogP contribution in [0.5, 0.6) is 0 Å². The molecule has 0 aliphatic carbocycles. The van der Waals surface area contributed by atoms with Gasteiger partial charge in [-0.25, -0.2) is 0 Å². The van der Waals surface area contributed by atoms with Crippen molar-refractivity contribution < 1.29 is 4.79 Å². The van der Waals surface area contributed by atoms with E-state index in [1.807, 2.05) is 25.1 Å². The summed E-state index contributed by atoms with van der Waals surface area (Å²) in [5.74, 6) is -0.160. The fourth-order valence-corrected chi connectivity index (χ4v) is 3.05. The van der Waals surface area contributed by atoms with E-state index in [2.05, 4.69) is 22.4 Å². The smallest absolute Gasteiger partial charge is 0.261 e. The Balaban J connectivity index is 1.72. The highest BCUT2D eigenvalue weighted by Gasteiger charge is 2.12. The van der Waals surface area contributed by atoms with Gasteiger partial charge in [-0.1, -0.05) is 30.3 Å². The summed E-state index contributed by atoms with van der Waals surface area (Å²) in [5.41, 5.74) is 2.15. The van der Waals surface area contributed by atoms with E-state index in [0.29, 0.717) is 21.2 Å². The Kier molecular flexibility index (Phi) is 5.32.